The van der Waals surface area contributed by atoms with Gasteiger partial charge in [0.1, 0.15) is 5.82 Å². The van der Waals surface area contributed by atoms with E-state index >= 15 is 0 Å². The average Bonchev–Trinajstić information content (AvgIpc) is 2.57. The molecule has 118 valence electrons. The molecule has 0 atom stereocenters. The second kappa shape index (κ2) is 7.84. The van der Waals surface area contributed by atoms with E-state index in [2.05, 4.69) is 15.8 Å². The van der Waals surface area contributed by atoms with Crippen LogP contribution in [0.3, 0.4) is 0 Å². The van der Waals surface area contributed by atoms with Gasteiger partial charge in [0.25, 0.3) is 0 Å². The van der Waals surface area contributed by atoms with Gasteiger partial charge in [0.05, 0.1) is 6.21 Å². The minimum Gasteiger partial charge on any atom is -0.318 e. The summed E-state index contributed by atoms with van der Waals surface area (Å²) in [5.74, 6) is -2.25. The molecule has 0 heterocycles. The number of nitrogens with zero attached hydrogens (tertiary/aromatic N) is 1. The van der Waals surface area contributed by atoms with Crippen LogP contribution < -0.4 is 10.7 Å². The molecule has 2 N–H and O–H groups in total. The van der Waals surface area contributed by atoms with Crippen molar-refractivity contribution in [2.24, 2.45) is 5.10 Å². The molecule has 2 rings (SSSR count). The minimum atomic E-state index is -0.933. The second-order valence-corrected chi connectivity index (χ2v) is 4.73. The van der Waals surface area contributed by atoms with Crippen molar-refractivity contribution >= 4 is 23.7 Å². The smallest absolute Gasteiger partial charge is 0.318 e. The predicted octanol–water partition coefficient (Wildman–Crippen LogP) is 2.48. The van der Waals surface area contributed by atoms with Gasteiger partial charge >= 0.3 is 11.8 Å². The van der Waals surface area contributed by atoms with Crippen LogP contribution in [0.5, 0.6) is 0 Å². The number of hydrogen-bond donors (Lipinski definition) is 2. The third kappa shape index (κ3) is 4.74. The molecule has 0 aromatic heterocycles. The Morgan fingerprint density at radius 2 is 1.78 bits per heavy atom. The number of anilines is 1. The van der Waals surface area contributed by atoms with Crippen molar-refractivity contribution in [3.05, 3.63) is 65.5 Å². The van der Waals surface area contributed by atoms with E-state index in [-0.39, 0.29) is 5.56 Å². The van der Waals surface area contributed by atoms with Crippen LogP contribution in [0.4, 0.5) is 10.1 Å². The van der Waals surface area contributed by atoms with E-state index in [9.17, 15) is 14.0 Å². The van der Waals surface area contributed by atoms with Crippen LogP contribution in [0.15, 0.2) is 53.6 Å². The van der Waals surface area contributed by atoms with Crippen LogP contribution in [0, 0.1) is 5.82 Å². The van der Waals surface area contributed by atoms with E-state index < -0.39 is 17.6 Å². The molecule has 23 heavy (non-hydrogen) atoms. The van der Waals surface area contributed by atoms with Crippen molar-refractivity contribution in [1.82, 2.24) is 5.43 Å². The zero-order valence-corrected chi connectivity index (χ0v) is 12.5. The Hall–Kier alpha value is -3.02. The molecule has 0 spiro atoms. The van der Waals surface area contributed by atoms with Crippen molar-refractivity contribution in [2.75, 3.05) is 5.32 Å². The summed E-state index contributed by atoms with van der Waals surface area (Å²) in [5, 5.41) is 6.02. The van der Waals surface area contributed by atoms with Gasteiger partial charge in [-0.05, 0) is 30.2 Å². The lowest BCUT2D eigenvalue weighted by Crippen LogP contribution is -2.32. The van der Waals surface area contributed by atoms with Gasteiger partial charge in [-0.15, -0.1) is 0 Å². The SMILES string of the molecule is CCc1ccc(NC(=O)C(=O)N/N=C\c2ccccc2F)cc1. The first kappa shape index (κ1) is 16.4. The number of aryl methyl sites for hydroxylation is 1. The second-order valence-electron chi connectivity index (χ2n) is 4.73. The number of benzene rings is 2. The molecule has 2 amide bonds. The summed E-state index contributed by atoms with van der Waals surface area (Å²) in [6.45, 7) is 2.02. The zero-order chi connectivity index (χ0) is 16.7. The summed E-state index contributed by atoms with van der Waals surface area (Å²) < 4.78 is 13.3. The Labute approximate surface area is 133 Å². The lowest BCUT2D eigenvalue weighted by Gasteiger charge is -2.04. The molecule has 0 bridgehead atoms. The minimum absolute atomic E-state index is 0.211. The number of hydrogen-bond acceptors (Lipinski definition) is 3. The fourth-order valence-corrected chi connectivity index (χ4v) is 1.80. The molecule has 0 aliphatic carbocycles. The summed E-state index contributed by atoms with van der Waals surface area (Å²) in [6.07, 6.45) is 2.02. The first-order chi connectivity index (χ1) is 11.1. The van der Waals surface area contributed by atoms with Crippen molar-refractivity contribution in [3.63, 3.8) is 0 Å². The van der Waals surface area contributed by atoms with Crippen LogP contribution in [-0.2, 0) is 16.0 Å². The van der Waals surface area contributed by atoms with Crippen LogP contribution in [0.25, 0.3) is 0 Å². The molecular formula is C17H16FN3O2. The molecule has 6 heteroatoms. The highest BCUT2D eigenvalue weighted by molar-refractivity contribution is 6.39. The molecule has 5 nitrogen and oxygen atoms in total. The van der Waals surface area contributed by atoms with Crippen molar-refractivity contribution < 1.29 is 14.0 Å². The average molecular weight is 313 g/mol. The Morgan fingerprint density at radius 3 is 2.43 bits per heavy atom. The maximum Gasteiger partial charge on any atom is 0.329 e. The van der Waals surface area contributed by atoms with Gasteiger partial charge in [-0.3, -0.25) is 9.59 Å². The van der Waals surface area contributed by atoms with Crippen LogP contribution in [-0.4, -0.2) is 18.0 Å². The van der Waals surface area contributed by atoms with E-state index in [4.69, 9.17) is 0 Å². The predicted molar refractivity (Wildman–Crippen MR) is 86.6 cm³/mol. The molecule has 0 radical (unpaired) electrons. The largest absolute Gasteiger partial charge is 0.329 e. The van der Waals surface area contributed by atoms with Crippen molar-refractivity contribution in [3.8, 4) is 0 Å². The Kier molecular flexibility index (Phi) is 5.57. The molecule has 0 saturated carbocycles. The lowest BCUT2D eigenvalue weighted by atomic mass is 10.1. The molecular weight excluding hydrogens is 297 g/mol. The Morgan fingerprint density at radius 1 is 1.09 bits per heavy atom. The molecule has 0 aliphatic rings. The summed E-state index contributed by atoms with van der Waals surface area (Å²) in [6, 6.07) is 13.1. The third-order valence-corrected chi connectivity index (χ3v) is 3.10. The monoisotopic (exact) mass is 313 g/mol. The topological polar surface area (TPSA) is 70.6 Å². The normalized spacial score (nSPS) is 10.5. The standard InChI is InChI=1S/C17H16FN3O2/c1-2-12-7-9-14(10-8-12)20-16(22)17(23)21-19-11-13-5-3-4-6-15(13)18/h3-11H,2H2,1H3,(H,20,22)(H,21,23)/b19-11-. The zero-order valence-electron chi connectivity index (χ0n) is 12.5. The van der Waals surface area contributed by atoms with Gasteiger partial charge in [-0.2, -0.15) is 5.10 Å². The summed E-state index contributed by atoms with van der Waals surface area (Å²) >= 11 is 0. The molecule has 0 fully saturated rings. The molecule has 0 saturated heterocycles. The van der Waals surface area contributed by atoms with Crippen molar-refractivity contribution in [1.29, 1.82) is 0 Å². The van der Waals surface area contributed by atoms with E-state index in [1.165, 1.54) is 12.1 Å². The number of amides is 2. The third-order valence-electron chi connectivity index (χ3n) is 3.10. The number of rotatable bonds is 4. The fourth-order valence-electron chi connectivity index (χ4n) is 1.80. The van der Waals surface area contributed by atoms with Gasteiger partial charge in [0, 0.05) is 11.3 Å². The number of nitrogens with one attached hydrogen (secondary N) is 2. The lowest BCUT2D eigenvalue weighted by molar-refractivity contribution is -0.136. The quantitative estimate of drug-likeness (QED) is 0.517. The summed E-state index contributed by atoms with van der Waals surface area (Å²) in [7, 11) is 0. The first-order valence-corrected chi connectivity index (χ1v) is 7.08. The van der Waals surface area contributed by atoms with Crippen LogP contribution in [0.1, 0.15) is 18.1 Å². The highest BCUT2D eigenvalue weighted by Crippen LogP contribution is 2.09. The highest BCUT2D eigenvalue weighted by atomic mass is 19.1. The van der Waals surface area contributed by atoms with Gasteiger partial charge in [-0.1, -0.05) is 37.3 Å². The number of halogens is 1. The first-order valence-electron chi connectivity index (χ1n) is 7.08. The van der Waals surface area contributed by atoms with Crippen molar-refractivity contribution in [2.45, 2.75) is 13.3 Å². The van der Waals surface area contributed by atoms with Gasteiger partial charge in [0.15, 0.2) is 0 Å². The maximum atomic E-state index is 13.3. The highest BCUT2D eigenvalue weighted by Gasteiger charge is 2.12. The van der Waals surface area contributed by atoms with E-state index in [0.717, 1.165) is 18.2 Å². The van der Waals surface area contributed by atoms with E-state index in [1.54, 1.807) is 24.3 Å². The number of hydrazone groups is 1. The molecule has 2 aromatic carbocycles. The Bertz CT molecular complexity index is 727. The molecule has 0 aliphatic heterocycles. The number of carbonyl (C=O) groups excluding carboxylic acids is 2. The van der Waals surface area contributed by atoms with E-state index in [0.29, 0.717) is 5.69 Å². The summed E-state index contributed by atoms with van der Waals surface area (Å²) in [4.78, 5) is 23.3. The molecule has 2 aromatic rings. The van der Waals surface area contributed by atoms with Crippen LogP contribution >= 0.6 is 0 Å². The number of carbonyl (C=O) groups is 2. The molecule has 0 unspecified atom stereocenters. The van der Waals surface area contributed by atoms with Gasteiger partial charge in [-0.25, -0.2) is 9.82 Å². The summed E-state index contributed by atoms with van der Waals surface area (Å²) in [5.41, 5.74) is 3.91. The van der Waals surface area contributed by atoms with Gasteiger partial charge < -0.3 is 5.32 Å². The maximum absolute atomic E-state index is 13.3. The fraction of sp³-hybridized carbons (Fsp3) is 0.118. The van der Waals surface area contributed by atoms with Crippen LogP contribution in [0.2, 0.25) is 0 Å². The van der Waals surface area contributed by atoms with E-state index in [1.807, 2.05) is 19.1 Å². The Balaban J connectivity index is 1.89. The van der Waals surface area contributed by atoms with Gasteiger partial charge in [0.2, 0.25) is 0 Å².